The van der Waals surface area contributed by atoms with Crippen molar-refractivity contribution in [1.82, 2.24) is 0 Å². The van der Waals surface area contributed by atoms with Gasteiger partial charge in [-0.05, 0) is 13.3 Å². The van der Waals surface area contributed by atoms with Crippen LogP contribution in [0.3, 0.4) is 0 Å². The highest BCUT2D eigenvalue weighted by Gasteiger charge is 2.25. The van der Waals surface area contributed by atoms with Gasteiger partial charge in [-0.25, -0.2) is 4.79 Å². The summed E-state index contributed by atoms with van der Waals surface area (Å²) < 4.78 is 5.19. The smallest absolute Gasteiger partial charge is 0.333 e. The van der Waals surface area contributed by atoms with Gasteiger partial charge in [0.05, 0.1) is 0 Å². The molecule has 0 saturated heterocycles. The summed E-state index contributed by atoms with van der Waals surface area (Å²) in [6, 6.07) is -0.0256. The van der Waals surface area contributed by atoms with E-state index in [0.29, 0.717) is 6.61 Å². The number of carboxylic acids is 1. The van der Waals surface area contributed by atoms with E-state index >= 15 is 0 Å². The monoisotopic (exact) mass is 211 g/mol. The zero-order chi connectivity index (χ0) is 11.3. The molecule has 0 aromatic carbocycles. The molecule has 0 aliphatic heterocycles. The summed E-state index contributed by atoms with van der Waals surface area (Å²) in [6.07, 6.45) is 7.32. The third-order valence-corrected chi connectivity index (χ3v) is 2.29. The number of carboxylic acid groups (broad SMARTS) is 1. The number of nitrogens with two attached hydrogens (primary N) is 1. The molecule has 3 atom stereocenters. The summed E-state index contributed by atoms with van der Waals surface area (Å²) >= 11 is 0. The van der Waals surface area contributed by atoms with Gasteiger partial charge in [0.25, 0.3) is 0 Å². The predicted molar refractivity (Wildman–Crippen MR) is 57.4 cm³/mol. The first-order valence-electron chi connectivity index (χ1n) is 5.10. The Morgan fingerprint density at radius 1 is 1.60 bits per heavy atom. The van der Waals surface area contributed by atoms with Gasteiger partial charge in [0.15, 0.2) is 6.10 Å². The van der Waals surface area contributed by atoms with Crippen molar-refractivity contribution in [3.8, 4) is 0 Å². The number of hydrogen-bond donors (Lipinski definition) is 2. The standard InChI is InChI=1S/C11H17NO3/c1-2-15-10(11(13)14)8-4-3-5-9(12)7-6-8/h3-4,6-10H,2,5,12H2,1H3,(H,13,14). The highest BCUT2D eigenvalue weighted by atomic mass is 16.5. The molecule has 0 saturated carbocycles. The van der Waals surface area contributed by atoms with E-state index in [1.54, 1.807) is 6.92 Å². The molecule has 1 rings (SSSR count). The van der Waals surface area contributed by atoms with E-state index in [1.165, 1.54) is 0 Å². The van der Waals surface area contributed by atoms with Gasteiger partial charge in [0.2, 0.25) is 0 Å². The van der Waals surface area contributed by atoms with Crippen LogP contribution in [0.5, 0.6) is 0 Å². The zero-order valence-corrected chi connectivity index (χ0v) is 8.80. The van der Waals surface area contributed by atoms with Crippen LogP contribution in [0.15, 0.2) is 24.3 Å². The fourth-order valence-electron chi connectivity index (χ4n) is 1.53. The normalized spacial score (nSPS) is 27.3. The number of carbonyl (C=O) groups is 1. The first kappa shape index (κ1) is 11.9. The Labute approximate surface area is 89.4 Å². The lowest BCUT2D eigenvalue weighted by molar-refractivity contribution is -0.151. The number of aliphatic carboxylic acids is 1. The molecule has 0 fully saturated rings. The van der Waals surface area contributed by atoms with E-state index in [4.69, 9.17) is 15.6 Å². The molecule has 0 heterocycles. The summed E-state index contributed by atoms with van der Waals surface area (Å²) in [6.45, 7) is 2.17. The molecule has 84 valence electrons. The molecule has 1 aliphatic carbocycles. The molecule has 4 heteroatoms. The topological polar surface area (TPSA) is 72.5 Å². The van der Waals surface area contributed by atoms with E-state index in [-0.39, 0.29) is 12.0 Å². The Kier molecular flexibility index (Phi) is 4.52. The summed E-state index contributed by atoms with van der Waals surface area (Å²) in [5.74, 6) is -1.16. The minimum atomic E-state index is -0.938. The second kappa shape index (κ2) is 5.68. The summed E-state index contributed by atoms with van der Waals surface area (Å²) in [4.78, 5) is 11.0. The average molecular weight is 211 g/mol. The van der Waals surface area contributed by atoms with Crippen molar-refractivity contribution < 1.29 is 14.6 Å². The molecular formula is C11H17NO3. The van der Waals surface area contributed by atoms with Crippen LogP contribution in [0.4, 0.5) is 0 Å². The quantitative estimate of drug-likeness (QED) is 0.679. The van der Waals surface area contributed by atoms with Gasteiger partial charge in [-0.15, -0.1) is 0 Å². The van der Waals surface area contributed by atoms with Crippen molar-refractivity contribution in [3.63, 3.8) is 0 Å². The van der Waals surface area contributed by atoms with Crippen LogP contribution < -0.4 is 5.73 Å². The van der Waals surface area contributed by atoms with Crippen LogP contribution in [0.1, 0.15) is 13.3 Å². The summed E-state index contributed by atoms with van der Waals surface area (Å²) in [5, 5.41) is 8.99. The van der Waals surface area contributed by atoms with Gasteiger partial charge in [0, 0.05) is 18.6 Å². The van der Waals surface area contributed by atoms with Crippen molar-refractivity contribution in [2.24, 2.45) is 11.7 Å². The summed E-state index contributed by atoms with van der Waals surface area (Å²) in [7, 11) is 0. The Morgan fingerprint density at radius 2 is 2.33 bits per heavy atom. The number of ether oxygens (including phenoxy) is 1. The molecule has 0 aromatic rings. The van der Waals surface area contributed by atoms with E-state index in [1.807, 2.05) is 24.3 Å². The van der Waals surface area contributed by atoms with Gasteiger partial charge in [-0.2, -0.15) is 0 Å². The molecule has 0 bridgehead atoms. The lowest BCUT2D eigenvalue weighted by Gasteiger charge is -2.17. The van der Waals surface area contributed by atoms with Gasteiger partial charge in [-0.1, -0.05) is 24.3 Å². The Bertz CT molecular complexity index is 273. The Hall–Kier alpha value is -1.13. The van der Waals surface area contributed by atoms with Crippen LogP contribution in [0.2, 0.25) is 0 Å². The maximum atomic E-state index is 11.0. The zero-order valence-electron chi connectivity index (χ0n) is 8.80. The second-order valence-electron chi connectivity index (χ2n) is 3.50. The largest absolute Gasteiger partial charge is 0.479 e. The molecule has 0 spiro atoms. The fraction of sp³-hybridized carbons (Fsp3) is 0.545. The molecule has 0 aromatic heterocycles. The van der Waals surface area contributed by atoms with E-state index < -0.39 is 12.1 Å². The molecule has 0 radical (unpaired) electrons. The maximum absolute atomic E-state index is 11.0. The molecule has 0 amide bonds. The molecule has 3 unspecified atom stereocenters. The molecule has 3 N–H and O–H groups in total. The van der Waals surface area contributed by atoms with E-state index in [0.717, 1.165) is 6.42 Å². The average Bonchev–Trinajstić information content (AvgIpc) is 2.39. The van der Waals surface area contributed by atoms with Gasteiger partial charge in [-0.3, -0.25) is 0 Å². The van der Waals surface area contributed by atoms with Gasteiger partial charge in [0.1, 0.15) is 0 Å². The van der Waals surface area contributed by atoms with Crippen LogP contribution in [-0.2, 0) is 9.53 Å². The van der Waals surface area contributed by atoms with Crippen LogP contribution in [0, 0.1) is 5.92 Å². The van der Waals surface area contributed by atoms with Crippen molar-refractivity contribution in [1.29, 1.82) is 0 Å². The van der Waals surface area contributed by atoms with Crippen LogP contribution in [-0.4, -0.2) is 29.8 Å². The molecule has 4 nitrogen and oxygen atoms in total. The molecule has 1 aliphatic rings. The Balaban J connectivity index is 2.74. The lowest BCUT2D eigenvalue weighted by atomic mass is 10.0. The van der Waals surface area contributed by atoms with Crippen LogP contribution >= 0.6 is 0 Å². The highest BCUT2D eigenvalue weighted by Crippen LogP contribution is 2.16. The summed E-state index contributed by atoms with van der Waals surface area (Å²) in [5.41, 5.74) is 5.72. The third kappa shape index (κ3) is 3.49. The predicted octanol–water partition coefficient (Wildman–Crippen LogP) is 0.936. The minimum absolute atomic E-state index is 0.0256. The highest BCUT2D eigenvalue weighted by molar-refractivity contribution is 5.73. The van der Waals surface area contributed by atoms with Crippen LogP contribution in [0.25, 0.3) is 0 Å². The molecule has 15 heavy (non-hydrogen) atoms. The maximum Gasteiger partial charge on any atom is 0.333 e. The third-order valence-electron chi connectivity index (χ3n) is 2.29. The lowest BCUT2D eigenvalue weighted by Crippen LogP contribution is -2.30. The van der Waals surface area contributed by atoms with Crippen molar-refractivity contribution in [3.05, 3.63) is 24.3 Å². The minimum Gasteiger partial charge on any atom is -0.479 e. The van der Waals surface area contributed by atoms with Crippen molar-refractivity contribution in [2.75, 3.05) is 6.61 Å². The number of hydrogen-bond acceptors (Lipinski definition) is 3. The first-order valence-corrected chi connectivity index (χ1v) is 5.10. The van der Waals surface area contributed by atoms with E-state index in [2.05, 4.69) is 0 Å². The molecular weight excluding hydrogens is 194 g/mol. The fourth-order valence-corrected chi connectivity index (χ4v) is 1.53. The van der Waals surface area contributed by atoms with Crippen molar-refractivity contribution >= 4 is 5.97 Å². The Morgan fingerprint density at radius 3 is 2.93 bits per heavy atom. The number of rotatable bonds is 4. The van der Waals surface area contributed by atoms with Crippen molar-refractivity contribution in [2.45, 2.75) is 25.5 Å². The van der Waals surface area contributed by atoms with E-state index in [9.17, 15) is 4.79 Å². The van der Waals surface area contributed by atoms with Gasteiger partial charge >= 0.3 is 5.97 Å². The SMILES string of the molecule is CCOC(C(=O)O)C1C=CCC(N)C=C1. The van der Waals surface area contributed by atoms with Gasteiger partial charge < -0.3 is 15.6 Å². The first-order chi connectivity index (χ1) is 7.15. The second-order valence-corrected chi connectivity index (χ2v) is 3.50.